The van der Waals surface area contributed by atoms with E-state index in [4.69, 9.17) is 0 Å². The largest absolute Gasteiger partial charge is 0.338 e. The van der Waals surface area contributed by atoms with E-state index in [2.05, 4.69) is 6.92 Å². The average molecular weight is 413 g/mol. The summed E-state index contributed by atoms with van der Waals surface area (Å²) in [5.41, 5.74) is 1.91. The molecule has 2 amide bonds. The number of hydrogen-bond acceptors (Lipinski definition) is 5. The number of nitrogens with zero attached hydrogens (tertiary/aromatic N) is 3. The van der Waals surface area contributed by atoms with E-state index in [9.17, 15) is 19.7 Å². The summed E-state index contributed by atoms with van der Waals surface area (Å²) in [6.45, 7) is 4.13. The van der Waals surface area contributed by atoms with Crippen LogP contribution in [0.15, 0.2) is 53.4 Å². The number of benzene rings is 2. The van der Waals surface area contributed by atoms with Crippen LogP contribution in [0.1, 0.15) is 22.8 Å². The first-order chi connectivity index (χ1) is 14.0. The molecule has 0 radical (unpaired) electrons. The Labute approximate surface area is 173 Å². The van der Waals surface area contributed by atoms with Crippen molar-refractivity contribution >= 4 is 29.3 Å². The first-order valence-corrected chi connectivity index (χ1v) is 10.5. The molecule has 1 fully saturated rings. The molecule has 0 bridgehead atoms. The molecular weight excluding hydrogens is 390 g/mol. The van der Waals surface area contributed by atoms with Gasteiger partial charge in [-0.05, 0) is 36.2 Å². The van der Waals surface area contributed by atoms with Gasteiger partial charge < -0.3 is 9.80 Å². The minimum atomic E-state index is -0.446. The predicted molar refractivity (Wildman–Crippen MR) is 112 cm³/mol. The molecule has 1 heterocycles. The standard InChI is InChI=1S/C21H23N3O4S/c1-2-16-3-5-17(6-4-16)21(26)23-13-11-22(12-14-23)20(25)15-29-19-9-7-18(8-10-19)24(27)28/h3-10H,2,11-15H2,1H3. The highest BCUT2D eigenvalue weighted by atomic mass is 32.2. The molecule has 29 heavy (non-hydrogen) atoms. The zero-order valence-electron chi connectivity index (χ0n) is 16.2. The number of hydrogen-bond donors (Lipinski definition) is 0. The van der Waals surface area contributed by atoms with Crippen LogP contribution >= 0.6 is 11.8 Å². The van der Waals surface area contributed by atoms with E-state index in [1.807, 2.05) is 24.3 Å². The molecule has 0 spiro atoms. The molecule has 0 saturated carbocycles. The molecule has 2 aromatic carbocycles. The fourth-order valence-corrected chi connectivity index (χ4v) is 3.93. The van der Waals surface area contributed by atoms with Gasteiger partial charge in [-0.1, -0.05) is 19.1 Å². The van der Waals surface area contributed by atoms with Crippen LogP contribution in [0.4, 0.5) is 5.69 Å². The molecule has 1 saturated heterocycles. The third-order valence-electron chi connectivity index (χ3n) is 4.94. The Hall–Kier alpha value is -2.87. The van der Waals surface area contributed by atoms with Crippen molar-refractivity contribution in [3.8, 4) is 0 Å². The van der Waals surface area contributed by atoms with Crippen LogP contribution in [0.2, 0.25) is 0 Å². The lowest BCUT2D eigenvalue weighted by Crippen LogP contribution is -2.51. The zero-order valence-corrected chi connectivity index (χ0v) is 17.1. The number of aryl methyl sites for hydroxylation is 1. The maximum absolute atomic E-state index is 12.6. The highest BCUT2D eigenvalue weighted by molar-refractivity contribution is 8.00. The summed E-state index contributed by atoms with van der Waals surface area (Å²) in [5.74, 6) is 0.275. The van der Waals surface area contributed by atoms with Crippen molar-refractivity contribution in [2.45, 2.75) is 18.2 Å². The maximum Gasteiger partial charge on any atom is 0.269 e. The molecule has 0 aliphatic carbocycles. The van der Waals surface area contributed by atoms with Crippen LogP contribution in [-0.2, 0) is 11.2 Å². The smallest absolute Gasteiger partial charge is 0.269 e. The van der Waals surface area contributed by atoms with Gasteiger partial charge in [-0.25, -0.2) is 0 Å². The van der Waals surface area contributed by atoms with Gasteiger partial charge >= 0.3 is 0 Å². The van der Waals surface area contributed by atoms with Gasteiger partial charge in [-0.3, -0.25) is 19.7 Å². The van der Waals surface area contributed by atoms with Gasteiger partial charge in [0.15, 0.2) is 0 Å². The summed E-state index contributed by atoms with van der Waals surface area (Å²) < 4.78 is 0. The van der Waals surface area contributed by atoms with Crippen molar-refractivity contribution in [3.05, 3.63) is 69.8 Å². The number of carbonyl (C=O) groups is 2. The van der Waals surface area contributed by atoms with Gasteiger partial charge in [0.1, 0.15) is 0 Å². The molecule has 7 nitrogen and oxygen atoms in total. The SMILES string of the molecule is CCc1ccc(C(=O)N2CCN(C(=O)CSc3ccc([N+](=O)[O-])cc3)CC2)cc1. The van der Waals surface area contributed by atoms with Gasteiger partial charge in [-0.15, -0.1) is 11.8 Å². The lowest BCUT2D eigenvalue weighted by atomic mass is 10.1. The second-order valence-corrected chi connectivity index (χ2v) is 7.81. The van der Waals surface area contributed by atoms with Crippen molar-refractivity contribution in [2.75, 3.05) is 31.9 Å². The number of thioether (sulfide) groups is 1. The first-order valence-electron chi connectivity index (χ1n) is 9.51. The van der Waals surface area contributed by atoms with Crippen LogP contribution in [0.25, 0.3) is 0 Å². The number of amides is 2. The molecular formula is C21H23N3O4S. The summed E-state index contributed by atoms with van der Waals surface area (Å²) in [5, 5.41) is 10.7. The van der Waals surface area contributed by atoms with Gasteiger partial charge in [-0.2, -0.15) is 0 Å². The first kappa shape index (κ1) is 20.9. The van der Waals surface area contributed by atoms with Crippen LogP contribution in [-0.4, -0.2) is 58.5 Å². The van der Waals surface area contributed by atoms with E-state index in [1.54, 1.807) is 21.9 Å². The quantitative estimate of drug-likeness (QED) is 0.412. The number of nitro groups is 1. The Bertz CT molecular complexity index is 876. The zero-order chi connectivity index (χ0) is 20.8. The third kappa shape index (κ3) is 5.35. The Morgan fingerprint density at radius 3 is 2.10 bits per heavy atom. The van der Waals surface area contributed by atoms with Gasteiger partial charge in [0.05, 0.1) is 10.7 Å². The van der Waals surface area contributed by atoms with E-state index in [1.165, 1.54) is 29.5 Å². The summed E-state index contributed by atoms with van der Waals surface area (Å²) in [6.07, 6.45) is 0.938. The molecule has 1 aliphatic heterocycles. The second kappa shape index (κ2) is 9.56. The monoisotopic (exact) mass is 413 g/mol. The van der Waals surface area contributed by atoms with Crippen molar-refractivity contribution < 1.29 is 14.5 Å². The fraction of sp³-hybridized carbons (Fsp3) is 0.333. The molecule has 0 unspecified atom stereocenters. The minimum Gasteiger partial charge on any atom is -0.338 e. The molecule has 3 rings (SSSR count). The number of nitro benzene ring substituents is 1. The van der Waals surface area contributed by atoms with E-state index in [0.29, 0.717) is 31.7 Å². The maximum atomic E-state index is 12.6. The number of non-ortho nitro benzene ring substituents is 1. The molecule has 0 atom stereocenters. The van der Waals surface area contributed by atoms with Crippen LogP contribution in [0.3, 0.4) is 0 Å². The minimum absolute atomic E-state index is 0.00000640. The summed E-state index contributed by atoms with van der Waals surface area (Å²) in [7, 11) is 0. The van der Waals surface area contributed by atoms with Gasteiger partial charge in [0, 0.05) is 48.8 Å². The van der Waals surface area contributed by atoms with E-state index < -0.39 is 4.92 Å². The van der Waals surface area contributed by atoms with Crippen molar-refractivity contribution in [1.29, 1.82) is 0 Å². The van der Waals surface area contributed by atoms with E-state index in [-0.39, 0.29) is 23.3 Å². The van der Waals surface area contributed by atoms with E-state index in [0.717, 1.165) is 11.3 Å². The predicted octanol–water partition coefficient (Wildman–Crippen LogP) is 3.23. The Kier molecular flexibility index (Phi) is 6.87. The van der Waals surface area contributed by atoms with Crippen molar-refractivity contribution in [3.63, 3.8) is 0 Å². The molecule has 0 aromatic heterocycles. The Balaban J connectivity index is 1.47. The normalized spacial score (nSPS) is 14.0. The second-order valence-electron chi connectivity index (χ2n) is 6.76. The Morgan fingerprint density at radius 1 is 0.966 bits per heavy atom. The highest BCUT2D eigenvalue weighted by Crippen LogP contribution is 2.22. The molecule has 0 N–H and O–H groups in total. The van der Waals surface area contributed by atoms with Crippen molar-refractivity contribution in [2.24, 2.45) is 0 Å². The van der Waals surface area contributed by atoms with Crippen LogP contribution < -0.4 is 0 Å². The number of piperazine rings is 1. The topological polar surface area (TPSA) is 83.8 Å². The molecule has 1 aliphatic rings. The summed E-state index contributed by atoms with van der Waals surface area (Å²) in [4.78, 5) is 39.7. The van der Waals surface area contributed by atoms with Crippen molar-refractivity contribution in [1.82, 2.24) is 9.80 Å². The van der Waals surface area contributed by atoms with Gasteiger partial charge in [0.2, 0.25) is 5.91 Å². The highest BCUT2D eigenvalue weighted by Gasteiger charge is 2.24. The van der Waals surface area contributed by atoms with E-state index >= 15 is 0 Å². The molecule has 8 heteroatoms. The summed E-state index contributed by atoms with van der Waals surface area (Å²) in [6, 6.07) is 13.8. The van der Waals surface area contributed by atoms with Crippen LogP contribution in [0, 0.1) is 10.1 Å². The lowest BCUT2D eigenvalue weighted by Gasteiger charge is -2.34. The molecule has 2 aromatic rings. The number of carbonyl (C=O) groups excluding carboxylic acids is 2. The molecule has 152 valence electrons. The number of rotatable bonds is 6. The lowest BCUT2D eigenvalue weighted by molar-refractivity contribution is -0.384. The summed E-state index contributed by atoms with van der Waals surface area (Å²) >= 11 is 1.36. The van der Waals surface area contributed by atoms with Crippen LogP contribution in [0.5, 0.6) is 0 Å². The average Bonchev–Trinajstić information content (AvgIpc) is 2.77. The third-order valence-corrected chi connectivity index (χ3v) is 5.94. The van der Waals surface area contributed by atoms with Gasteiger partial charge in [0.25, 0.3) is 11.6 Å². The fourth-order valence-electron chi connectivity index (χ4n) is 3.12. The Morgan fingerprint density at radius 2 is 1.55 bits per heavy atom.